The van der Waals surface area contributed by atoms with Gasteiger partial charge in [0.2, 0.25) is 0 Å². The molecular formula is C13H21NS. The molecule has 84 valence electrons. The van der Waals surface area contributed by atoms with Crippen LogP contribution in [-0.4, -0.2) is 6.04 Å². The van der Waals surface area contributed by atoms with Crippen LogP contribution in [0.3, 0.4) is 0 Å². The number of nitrogens with two attached hydrogens (primary N) is 1. The average Bonchev–Trinajstić information content (AvgIpc) is 2.46. The minimum absolute atomic E-state index is 0.300. The standard InChI is InChI=1S/C13H21NS/c1-10(14)8-11-9-15-13-7-5-3-2-4-6-12(11)13/h9-10H,2-8,14H2,1H3. The van der Waals surface area contributed by atoms with Crippen molar-refractivity contribution >= 4 is 11.3 Å². The third-order valence-electron chi connectivity index (χ3n) is 3.19. The Balaban J connectivity index is 2.18. The lowest BCUT2D eigenvalue weighted by Gasteiger charge is -2.12. The normalized spacial score (nSPS) is 19.1. The van der Waals surface area contributed by atoms with E-state index in [9.17, 15) is 0 Å². The number of hydrogen-bond acceptors (Lipinski definition) is 2. The molecule has 0 fully saturated rings. The summed E-state index contributed by atoms with van der Waals surface area (Å²) in [6, 6.07) is 0.300. The van der Waals surface area contributed by atoms with E-state index >= 15 is 0 Å². The summed E-state index contributed by atoms with van der Waals surface area (Å²) in [6.45, 7) is 2.10. The van der Waals surface area contributed by atoms with Crippen LogP contribution in [0.5, 0.6) is 0 Å². The van der Waals surface area contributed by atoms with E-state index in [1.165, 1.54) is 44.1 Å². The van der Waals surface area contributed by atoms with Gasteiger partial charge in [-0.2, -0.15) is 0 Å². The van der Waals surface area contributed by atoms with Crippen LogP contribution in [0.4, 0.5) is 0 Å². The van der Waals surface area contributed by atoms with Crippen LogP contribution in [0.2, 0.25) is 0 Å². The first-order chi connectivity index (χ1) is 7.27. The van der Waals surface area contributed by atoms with E-state index in [0.29, 0.717) is 6.04 Å². The molecule has 2 rings (SSSR count). The molecular weight excluding hydrogens is 202 g/mol. The van der Waals surface area contributed by atoms with Crippen LogP contribution in [0.1, 0.15) is 48.6 Å². The predicted molar refractivity (Wildman–Crippen MR) is 67.5 cm³/mol. The van der Waals surface area contributed by atoms with Gasteiger partial charge in [0.25, 0.3) is 0 Å². The van der Waals surface area contributed by atoms with Crippen LogP contribution in [0, 0.1) is 0 Å². The molecule has 1 heterocycles. The third-order valence-corrected chi connectivity index (χ3v) is 4.33. The summed E-state index contributed by atoms with van der Waals surface area (Å²) in [5, 5.41) is 2.35. The molecule has 1 nitrogen and oxygen atoms in total. The number of thiophene rings is 1. The Morgan fingerprint density at radius 2 is 2.00 bits per heavy atom. The Kier molecular flexibility index (Phi) is 3.81. The number of rotatable bonds is 2. The van der Waals surface area contributed by atoms with Gasteiger partial charge in [-0.25, -0.2) is 0 Å². The number of fused-ring (bicyclic) bond motifs is 1. The van der Waals surface area contributed by atoms with Gasteiger partial charge in [0.05, 0.1) is 0 Å². The van der Waals surface area contributed by atoms with E-state index in [-0.39, 0.29) is 0 Å². The zero-order valence-electron chi connectivity index (χ0n) is 9.59. The molecule has 1 aromatic heterocycles. The summed E-state index contributed by atoms with van der Waals surface area (Å²) in [5.74, 6) is 0. The molecule has 15 heavy (non-hydrogen) atoms. The van der Waals surface area contributed by atoms with E-state index < -0.39 is 0 Å². The maximum absolute atomic E-state index is 5.89. The Bertz CT molecular complexity index is 314. The van der Waals surface area contributed by atoms with Crippen LogP contribution in [0.25, 0.3) is 0 Å². The van der Waals surface area contributed by atoms with Gasteiger partial charge in [0.15, 0.2) is 0 Å². The molecule has 0 saturated heterocycles. The molecule has 0 spiro atoms. The minimum atomic E-state index is 0.300. The topological polar surface area (TPSA) is 26.0 Å². The van der Waals surface area contributed by atoms with Crippen molar-refractivity contribution < 1.29 is 0 Å². The lowest BCUT2D eigenvalue weighted by molar-refractivity contribution is 0.617. The van der Waals surface area contributed by atoms with Gasteiger partial charge >= 0.3 is 0 Å². The van der Waals surface area contributed by atoms with Crippen molar-refractivity contribution in [3.05, 3.63) is 21.4 Å². The molecule has 1 aromatic rings. The molecule has 0 amide bonds. The van der Waals surface area contributed by atoms with Crippen LogP contribution in [-0.2, 0) is 19.3 Å². The smallest absolute Gasteiger partial charge is 0.00800 e. The lowest BCUT2D eigenvalue weighted by atomic mass is 9.95. The van der Waals surface area contributed by atoms with Gasteiger partial charge in [-0.05, 0) is 55.5 Å². The Morgan fingerprint density at radius 3 is 2.73 bits per heavy atom. The second kappa shape index (κ2) is 5.13. The Hall–Kier alpha value is -0.340. The van der Waals surface area contributed by atoms with Gasteiger partial charge in [-0.1, -0.05) is 12.8 Å². The molecule has 0 saturated carbocycles. The molecule has 1 aliphatic carbocycles. The van der Waals surface area contributed by atoms with E-state index in [1.807, 2.05) is 11.3 Å². The Labute approximate surface area is 96.7 Å². The highest BCUT2D eigenvalue weighted by molar-refractivity contribution is 7.10. The van der Waals surface area contributed by atoms with E-state index in [0.717, 1.165) is 6.42 Å². The average molecular weight is 223 g/mol. The first kappa shape index (κ1) is 11.2. The molecule has 1 unspecified atom stereocenters. The largest absolute Gasteiger partial charge is 0.328 e. The summed E-state index contributed by atoms with van der Waals surface area (Å²) < 4.78 is 0. The fraction of sp³-hybridized carbons (Fsp3) is 0.692. The highest BCUT2D eigenvalue weighted by Crippen LogP contribution is 2.29. The van der Waals surface area contributed by atoms with Crippen molar-refractivity contribution in [2.45, 2.75) is 57.9 Å². The van der Waals surface area contributed by atoms with Crippen molar-refractivity contribution in [3.63, 3.8) is 0 Å². The lowest BCUT2D eigenvalue weighted by Crippen LogP contribution is -2.18. The van der Waals surface area contributed by atoms with Gasteiger partial charge in [0, 0.05) is 10.9 Å². The first-order valence-corrected chi connectivity index (χ1v) is 6.99. The number of aryl methyl sites for hydroxylation is 1. The van der Waals surface area contributed by atoms with Crippen molar-refractivity contribution in [3.8, 4) is 0 Å². The third kappa shape index (κ3) is 2.82. The van der Waals surface area contributed by atoms with Crippen molar-refractivity contribution in [2.24, 2.45) is 5.73 Å². The van der Waals surface area contributed by atoms with Crippen LogP contribution < -0.4 is 5.73 Å². The van der Waals surface area contributed by atoms with Gasteiger partial charge < -0.3 is 5.73 Å². The quantitative estimate of drug-likeness (QED) is 0.818. The van der Waals surface area contributed by atoms with Gasteiger partial charge in [-0.3, -0.25) is 0 Å². The molecule has 0 bridgehead atoms. The van der Waals surface area contributed by atoms with Gasteiger partial charge in [-0.15, -0.1) is 11.3 Å². The maximum atomic E-state index is 5.89. The first-order valence-electron chi connectivity index (χ1n) is 6.11. The van der Waals surface area contributed by atoms with Crippen molar-refractivity contribution in [1.82, 2.24) is 0 Å². The molecule has 1 aliphatic rings. The van der Waals surface area contributed by atoms with Crippen molar-refractivity contribution in [1.29, 1.82) is 0 Å². The van der Waals surface area contributed by atoms with E-state index in [1.54, 1.807) is 10.4 Å². The summed E-state index contributed by atoms with van der Waals surface area (Å²) in [4.78, 5) is 1.64. The molecule has 2 N–H and O–H groups in total. The SMILES string of the molecule is CC(N)Cc1csc2c1CCCCCC2. The summed E-state index contributed by atoms with van der Waals surface area (Å²) >= 11 is 1.96. The number of hydrogen-bond donors (Lipinski definition) is 1. The van der Waals surface area contributed by atoms with E-state index in [4.69, 9.17) is 5.73 Å². The zero-order valence-corrected chi connectivity index (χ0v) is 10.4. The zero-order chi connectivity index (χ0) is 10.7. The highest BCUT2D eigenvalue weighted by Gasteiger charge is 2.14. The van der Waals surface area contributed by atoms with Gasteiger partial charge in [0.1, 0.15) is 0 Å². The predicted octanol–water partition coefficient (Wildman–Crippen LogP) is 3.30. The molecule has 0 radical (unpaired) electrons. The van der Waals surface area contributed by atoms with Crippen LogP contribution >= 0.6 is 11.3 Å². The molecule has 1 atom stereocenters. The summed E-state index contributed by atoms with van der Waals surface area (Å²) in [6.07, 6.45) is 9.24. The minimum Gasteiger partial charge on any atom is -0.328 e. The van der Waals surface area contributed by atoms with E-state index in [2.05, 4.69) is 12.3 Å². The molecule has 2 heteroatoms. The maximum Gasteiger partial charge on any atom is 0.00800 e. The van der Waals surface area contributed by atoms with Crippen molar-refractivity contribution in [2.75, 3.05) is 0 Å². The highest BCUT2D eigenvalue weighted by atomic mass is 32.1. The second-order valence-corrected chi connectivity index (χ2v) is 5.72. The Morgan fingerprint density at radius 1 is 1.27 bits per heavy atom. The summed E-state index contributed by atoms with van der Waals surface area (Å²) in [5.41, 5.74) is 9.08. The summed E-state index contributed by atoms with van der Waals surface area (Å²) in [7, 11) is 0. The monoisotopic (exact) mass is 223 g/mol. The fourth-order valence-electron chi connectivity index (χ4n) is 2.43. The van der Waals surface area contributed by atoms with Crippen LogP contribution in [0.15, 0.2) is 5.38 Å². The second-order valence-electron chi connectivity index (χ2n) is 4.76. The molecule has 0 aliphatic heterocycles. The molecule has 0 aromatic carbocycles. The fourth-order valence-corrected chi connectivity index (χ4v) is 3.59.